The van der Waals surface area contributed by atoms with Gasteiger partial charge in [-0.25, -0.2) is 4.98 Å². The summed E-state index contributed by atoms with van der Waals surface area (Å²) in [4.78, 5) is 17.4. The summed E-state index contributed by atoms with van der Waals surface area (Å²) in [6.45, 7) is 0. The van der Waals surface area contributed by atoms with Gasteiger partial charge >= 0.3 is 0 Å². The third kappa shape index (κ3) is 1.25. The molecule has 1 aromatic carbocycles. The molecule has 0 unspecified atom stereocenters. The number of imidazole rings is 1. The van der Waals surface area contributed by atoms with Crippen molar-refractivity contribution in [3.63, 3.8) is 0 Å². The largest absolute Gasteiger partial charge is 0.336 e. The minimum absolute atomic E-state index is 0.297. The van der Waals surface area contributed by atoms with E-state index in [-0.39, 0.29) is 0 Å². The van der Waals surface area contributed by atoms with Gasteiger partial charge in [-0.2, -0.15) is 5.26 Å². The second-order valence-electron chi connectivity index (χ2n) is 2.89. The molecule has 4 heteroatoms. The van der Waals surface area contributed by atoms with Crippen LogP contribution in [0.25, 0.3) is 11.0 Å². The van der Waals surface area contributed by atoms with Crippen molar-refractivity contribution in [1.29, 1.82) is 5.26 Å². The van der Waals surface area contributed by atoms with Crippen molar-refractivity contribution in [1.82, 2.24) is 9.97 Å². The van der Waals surface area contributed by atoms with Crippen LogP contribution in [-0.2, 0) is 6.42 Å². The molecule has 1 heterocycles. The molecule has 0 aliphatic rings. The SMILES string of the molecule is N#CCc1cccc2[nH]c(C=O)nc12. The Labute approximate surface area is 80.2 Å². The highest BCUT2D eigenvalue weighted by molar-refractivity contribution is 5.84. The number of nitrogens with one attached hydrogen (secondary N) is 1. The predicted octanol–water partition coefficient (Wildman–Crippen LogP) is 1.44. The Morgan fingerprint density at radius 3 is 3.14 bits per heavy atom. The fourth-order valence-electron chi connectivity index (χ4n) is 1.39. The van der Waals surface area contributed by atoms with Gasteiger partial charge in [0.1, 0.15) is 0 Å². The Kier molecular flexibility index (Phi) is 1.99. The zero-order valence-electron chi connectivity index (χ0n) is 7.32. The summed E-state index contributed by atoms with van der Waals surface area (Å²) >= 11 is 0. The number of aromatic nitrogens is 2. The first-order valence-corrected chi connectivity index (χ1v) is 4.15. The third-order valence-electron chi connectivity index (χ3n) is 2.00. The summed E-state index contributed by atoms with van der Waals surface area (Å²) in [5, 5.41) is 8.59. The first-order chi connectivity index (χ1) is 6.85. The van der Waals surface area contributed by atoms with Gasteiger partial charge in [0.15, 0.2) is 12.1 Å². The van der Waals surface area contributed by atoms with Gasteiger partial charge in [-0.3, -0.25) is 4.79 Å². The predicted molar refractivity (Wildman–Crippen MR) is 50.8 cm³/mol. The maximum atomic E-state index is 10.5. The van der Waals surface area contributed by atoms with E-state index in [1.165, 1.54) is 0 Å². The lowest BCUT2D eigenvalue weighted by molar-refractivity contribution is 0.111. The van der Waals surface area contributed by atoms with Gasteiger partial charge < -0.3 is 4.98 Å². The number of aldehydes is 1. The van der Waals surface area contributed by atoms with Crippen molar-refractivity contribution in [3.8, 4) is 6.07 Å². The highest BCUT2D eigenvalue weighted by Gasteiger charge is 2.05. The number of H-pyrrole nitrogens is 1. The van der Waals surface area contributed by atoms with Gasteiger partial charge in [-0.15, -0.1) is 0 Å². The number of aromatic amines is 1. The molecule has 0 aliphatic heterocycles. The maximum absolute atomic E-state index is 10.5. The molecule has 0 fully saturated rings. The van der Waals surface area contributed by atoms with E-state index in [0.717, 1.165) is 11.1 Å². The van der Waals surface area contributed by atoms with E-state index in [1.807, 2.05) is 18.2 Å². The smallest absolute Gasteiger partial charge is 0.185 e. The van der Waals surface area contributed by atoms with Crippen LogP contribution < -0.4 is 0 Å². The highest BCUT2D eigenvalue weighted by Crippen LogP contribution is 2.16. The quantitative estimate of drug-likeness (QED) is 0.719. The van der Waals surface area contributed by atoms with Crippen LogP contribution in [0.4, 0.5) is 0 Å². The van der Waals surface area contributed by atoms with Gasteiger partial charge in [0.05, 0.1) is 23.5 Å². The number of carbonyl (C=O) groups excluding carboxylic acids is 1. The second-order valence-corrected chi connectivity index (χ2v) is 2.89. The number of fused-ring (bicyclic) bond motifs is 1. The monoisotopic (exact) mass is 185 g/mol. The molecule has 14 heavy (non-hydrogen) atoms. The lowest BCUT2D eigenvalue weighted by atomic mass is 10.1. The van der Waals surface area contributed by atoms with E-state index >= 15 is 0 Å². The Bertz CT molecular complexity index is 522. The summed E-state index contributed by atoms with van der Waals surface area (Å²) in [7, 11) is 0. The number of benzene rings is 1. The molecule has 0 spiro atoms. The lowest BCUT2D eigenvalue weighted by Crippen LogP contribution is -1.84. The maximum Gasteiger partial charge on any atom is 0.185 e. The fraction of sp³-hybridized carbons (Fsp3) is 0.100. The molecule has 0 saturated heterocycles. The van der Waals surface area contributed by atoms with Gasteiger partial charge in [-0.05, 0) is 11.6 Å². The first-order valence-electron chi connectivity index (χ1n) is 4.15. The minimum atomic E-state index is 0.297. The van der Waals surface area contributed by atoms with Gasteiger partial charge in [0.25, 0.3) is 0 Å². The van der Waals surface area contributed by atoms with Crippen LogP contribution >= 0.6 is 0 Å². The number of para-hydroxylation sites is 1. The van der Waals surface area contributed by atoms with Crippen molar-refractivity contribution in [2.24, 2.45) is 0 Å². The number of nitriles is 1. The molecule has 0 atom stereocenters. The average molecular weight is 185 g/mol. The van der Waals surface area contributed by atoms with Crippen molar-refractivity contribution in [3.05, 3.63) is 29.6 Å². The van der Waals surface area contributed by atoms with Crippen LogP contribution in [0.5, 0.6) is 0 Å². The standard InChI is InChI=1S/C10H7N3O/c11-5-4-7-2-1-3-8-10(7)13-9(6-14)12-8/h1-3,6H,4H2,(H,12,13). The summed E-state index contributed by atoms with van der Waals surface area (Å²) in [5.41, 5.74) is 2.34. The Morgan fingerprint density at radius 2 is 2.43 bits per heavy atom. The van der Waals surface area contributed by atoms with E-state index in [0.29, 0.717) is 24.0 Å². The van der Waals surface area contributed by atoms with Crippen LogP contribution in [0, 0.1) is 11.3 Å². The summed E-state index contributed by atoms with van der Waals surface area (Å²) in [6.07, 6.45) is 0.969. The number of carbonyl (C=O) groups is 1. The zero-order valence-corrected chi connectivity index (χ0v) is 7.32. The number of hydrogen-bond donors (Lipinski definition) is 1. The third-order valence-corrected chi connectivity index (χ3v) is 2.00. The van der Waals surface area contributed by atoms with Crippen LogP contribution in [0.2, 0.25) is 0 Å². The highest BCUT2D eigenvalue weighted by atomic mass is 16.1. The van der Waals surface area contributed by atoms with Gasteiger partial charge in [0, 0.05) is 0 Å². The molecular weight excluding hydrogens is 178 g/mol. The molecule has 1 N–H and O–H groups in total. The minimum Gasteiger partial charge on any atom is -0.336 e. The molecule has 2 rings (SSSR count). The van der Waals surface area contributed by atoms with Gasteiger partial charge in [0.2, 0.25) is 0 Å². The number of nitrogens with zero attached hydrogens (tertiary/aromatic N) is 2. The topological polar surface area (TPSA) is 69.5 Å². The Balaban J connectivity index is 2.67. The second kappa shape index (κ2) is 3.30. The summed E-state index contributed by atoms with van der Waals surface area (Å²) in [6, 6.07) is 7.56. The summed E-state index contributed by atoms with van der Waals surface area (Å²) in [5.74, 6) is 0.297. The van der Waals surface area contributed by atoms with E-state index in [4.69, 9.17) is 5.26 Å². The molecule has 0 radical (unpaired) electrons. The van der Waals surface area contributed by atoms with Crippen LogP contribution in [0.1, 0.15) is 16.2 Å². The molecule has 68 valence electrons. The zero-order chi connectivity index (χ0) is 9.97. The molecule has 2 aromatic rings. The summed E-state index contributed by atoms with van der Waals surface area (Å²) < 4.78 is 0. The van der Waals surface area contributed by atoms with E-state index in [1.54, 1.807) is 0 Å². The first kappa shape index (κ1) is 8.45. The molecule has 4 nitrogen and oxygen atoms in total. The van der Waals surface area contributed by atoms with E-state index < -0.39 is 0 Å². The Morgan fingerprint density at radius 1 is 1.57 bits per heavy atom. The van der Waals surface area contributed by atoms with E-state index in [9.17, 15) is 4.79 Å². The van der Waals surface area contributed by atoms with Gasteiger partial charge in [-0.1, -0.05) is 12.1 Å². The molecular formula is C10H7N3O. The molecule has 0 saturated carbocycles. The van der Waals surface area contributed by atoms with Crippen LogP contribution in [0.3, 0.4) is 0 Å². The normalized spacial score (nSPS) is 9.93. The average Bonchev–Trinajstić information content (AvgIpc) is 2.62. The molecule has 0 aliphatic carbocycles. The van der Waals surface area contributed by atoms with Crippen molar-refractivity contribution in [2.45, 2.75) is 6.42 Å². The molecule has 0 bridgehead atoms. The number of rotatable bonds is 2. The van der Waals surface area contributed by atoms with Crippen LogP contribution in [-0.4, -0.2) is 16.3 Å². The van der Waals surface area contributed by atoms with Crippen molar-refractivity contribution in [2.75, 3.05) is 0 Å². The van der Waals surface area contributed by atoms with Crippen molar-refractivity contribution >= 4 is 17.3 Å². The lowest BCUT2D eigenvalue weighted by Gasteiger charge is -1.93. The molecule has 0 amide bonds. The van der Waals surface area contributed by atoms with Crippen LogP contribution in [0.15, 0.2) is 18.2 Å². The van der Waals surface area contributed by atoms with Crippen molar-refractivity contribution < 1.29 is 4.79 Å². The Hall–Kier alpha value is -2.15. The fourth-order valence-corrected chi connectivity index (χ4v) is 1.39. The number of hydrogen-bond acceptors (Lipinski definition) is 3. The van der Waals surface area contributed by atoms with E-state index in [2.05, 4.69) is 16.0 Å². The molecule has 1 aromatic heterocycles.